The van der Waals surface area contributed by atoms with Crippen LogP contribution in [-0.2, 0) is 0 Å². The number of thiophene rings is 1. The molecular weight excluding hydrogens is 272 g/mol. The Balaban J connectivity index is 1.73. The van der Waals surface area contributed by atoms with Crippen molar-refractivity contribution in [2.24, 2.45) is 0 Å². The molecule has 4 heteroatoms. The van der Waals surface area contributed by atoms with Gasteiger partial charge in [-0.1, -0.05) is 0 Å². The molecule has 1 atom stereocenters. The number of nitrogens with one attached hydrogen (secondary N) is 1. The zero-order valence-electron chi connectivity index (χ0n) is 10.5. The Morgan fingerprint density at radius 2 is 1.95 bits per heavy atom. The molecule has 0 radical (unpaired) electrons. The van der Waals surface area contributed by atoms with Gasteiger partial charge in [0.15, 0.2) is 0 Å². The van der Waals surface area contributed by atoms with E-state index in [4.69, 9.17) is 0 Å². The summed E-state index contributed by atoms with van der Waals surface area (Å²) in [5.41, 5.74) is 3.64. The lowest BCUT2D eigenvalue weighted by atomic mass is 10.1. The summed E-state index contributed by atoms with van der Waals surface area (Å²) in [4.78, 5) is 4.32. The topological polar surface area (TPSA) is 24.9 Å². The standard InChI is InChI=1S/C15H14N2S2/c1-11(13-6-8-18-10-13)17-14-4-2-12(3-5-14)15-16-7-9-19-15/h2-11,17H,1H3. The molecule has 0 spiro atoms. The van der Waals surface area contributed by atoms with Gasteiger partial charge in [-0.25, -0.2) is 4.98 Å². The van der Waals surface area contributed by atoms with E-state index in [1.165, 1.54) is 11.1 Å². The Hall–Kier alpha value is -1.65. The SMILES string of the molecule is CC(Nc1ccc(-c2nccs2)cc1)c1ccsc1. The minimum absolute atomic E-state index is 0.331. The molecule has 0 bridgehead atoms. The second kappa shape index (κ2) is 5.55. The summed E-state index contributed by atoms with van der Waals surface area (Å²) in [6.45, 7) is 2.18. The summed E-state index contributed by atoms with van der Waals surface area (Å²) < 4.78 is 0. The van der Waals surface area contributed by atoms with Crippen LogP contribution in [0.4, 0.5) is 5.69 Å². The second-order valence-electron chi connectivity index (χ2n) is 4.34. The van der Waals surface area contributed by atoms with Crippen LogP contribution < -0.4 is 5.32 Å². The fourth-order valence-electron chi connectivity index (χ4n) is 1.93. The molecule has 0 fully saturated rings. The highest BCUT2D eigenvalue weighted by molar-refractivity contribution is 7.13. The maximum absolute atomic E-state index is 4.32. The summed E-state index contributed by atoms with van der Waals surface area (Å²) in [5.74, 6) is 0. The minimum Gasteiger partial charge on any atom is -0.378 e. The first-order valence-electron chi connectivity index (χ1n) is 6.11. The van der Waals surface area contributed by atoms with E-state index < -0.39 is 0 Å². The summed E-state index contributed by atoms with van der Waals surface area (Å²) >= 11 is 3.40. The molecule has 0 amide bonds. The van der Waals surface area contributed by atoms with Gasteiger partial charge in [0.2, 0.25) is 0 Å². The predicted molar refractivity (Wildman–Crippen MR) is 83.9 cm³/mol. The van der Waals surface area contributed by atoms with Gasteiger partial charge >= 0.3 is 0 Å². The molecule has 1 unspecified atom stereocenters. The maximum atomic E-state index is 4.32. The first-order valence-corrected chi connectivity index (χ1v) is 7.94. The van der Waals surface area contributed by atoms with Crippen molar-refractivity contribution < 1.29 is 0 Å². The fourth-order valence-corrected chi connectivity index (χ4v) is 3.33. The number of aromatic nitrogens is 1. The van der Waals surface area contributed by atoms with E-state index in [2.05, 4.69) is 58.3 Å². The van der Waals surface area contributed by atoms with Crippen molar-refractivity contribution in [2.75, 3.05) is 5.32 Å². The summed E-state index contributed by atoms with van der Waals surface area (Å²) in [6.07, 6.45) is 1.84. The molecule has 19 heavy (non-hydrogen) atoms. The third kappa shape index (κ3) is 2.85. The van der Waals surface area contributed by atoms with Crippen molar-refractivity contribution in [3.8, 4) is 10.6 Å². The van der Waals surface area contributed by atoms with E-state index in [-0.39, 0.29) is 0 Å². The van der Waals surface area contributed by atoms with Crippen LogP contribution in [0.15, 0.2) is 52.7 Å². The molecule has 2 nitrogen and oxygen atoms in total. The Bertz CT molecular complexity index is 613. The minimum atomic E-state index is 0.331. The molecule has 0 aliphatic heterocycles. The number of nitrogens with zero attached hydrogens (tertiary/aromatic N) is 1. The van der Waals surface area contributed by atoms with Gasteiger partial charge in [0.05, 0.1) is 0 Å². The molecule has 1 N–H and O–H groups in total. The van der Waals surface area contributed by atoms with E-state index >= 15 is 0 Å². The number of thiazole rings is 1. The average Bonchev–Trinajstić information content (AvgIpc) is 3.13. The smallest absolute Gasteiger partial charge is 0.123 e. The lowest BCUT2D eigenvalue weighted by molar-refractivity contribution is 0.891. The van der Waals surface area contributed by atoms with Gasteiger partial charge in [-0.3, -0.25) is 0 Å². The third-order valence-electron chi connectivity index (χ3n) is 2.99. The Labute approximate surface area is 120 Å². The number of hydrogen-bond acceptors (Lipinski definition) is 4. The van der Waals surface area contributed by atoms with Gasteiger partial charge in [-0.05, 0) is 53.6 Å². The first-order chi connectivity index (χ1) is 9.33. The van der Waals surface area contributed by atoms with Crippen LogP contribution in [0.2, 0.25) is 0 Å². The normalized spacial score (nSPS) is 12.3. The zero-order valence-corrected chi connectivity index (χ0v) is 12.2. The van der Waals surface area contributed by atoms with Gasteiger partial charge < -0.3 is 5.32 Å². The second-order valence-corrected chi connectivity index (χ2v) is 6.01. The zero-order chi connectivity index (χ0) is 13.1. The van der Waals surface area contributed by atoms with Gasteiger partial charge in [0.1, 0.15) is 5.01 Å². The van der Waals surface area contributed by atoms with Crippen LogP contribution in [0.3, 0.4) is 0 Å². The number of hydrogen-bond donors (Lipinski definition) is 1. The van der Waals surface area contributed by atoms with Crippen molar-refractivity contribution in [1.82, 2.24) is 4.98 Å². The Morgan fingerprint density at radius 1 is 1.11 bits per heavy atom. The van der Waals surface area contributed by atoms with Crippen LogP contribution in [-0.4, -0.2) is 4.98 Å². The molecule has 3 aromatic rings. The van der Waals surface area contributed by atoms with Gasteiger partial charge in [-0.2, -0.15) is 11.3 Å². The van der Waals surface area contributed by atoms with Crippen molar-refractivity contribution in [3.63, 3.8) is 0 Å². The van der Waals surface area contributed by atoms with Crippen molar-refractivity contribution in [1.29, 1.82) is 0 Å². The van der Waals surface area contributed by atoms with Crippen LogP contribution in [0, 0.1) is 0 Å². The van der Waals surface area contributed by atoms with Crippen molar-refractivity contribution in [3.05, 3.63) is 58.2 Å². The van der Waals surface area contributed by atoms with E-state index in [1.54, 1.807) is 22.7 Å². The molecular formula is C15H14N2S2. The maximum Gasteiger partial charge on any atom is 0.123 e. The van der Waals surface area contributed by atoms with Crippen LogP contribution in [0.25, 0.3) is 10.6 Å². The molecule has 2 aromatic heterocycles. The quantitative estimate of drug-likeness (QED) is 0.726. The van der Waals surface area contributed by atoms with Crippen LogP contribution in [0.1, 0.15) is 18.5 Å². The van der Waals surface area contributed by atoms with Crippen LogP contribution >= 0.6 is 22.7 Å². The summed E-state index contributed by atoms with van der Waals surface area (Å²) in [7, 11) is 0. The molecule has 1 aromatic carbocycles. The Morgan fingerprint density at radius 3 is 2.58 bits per heavy atom. The summed E-state index contributed by atoms with van der Waals surface area (Å²) in [5, 5.41) is 10.9. The highest BCUT2D eigenvalue weighted by atomic mass is 32.1. The van der Waals surface area contributed by atoms with E-state index in [1.807, 2.05) is 11.6 Å². The van der Waals surface area contributed by atoms with Crippen molar-refractivity contribution >= 4 is 28.4 Å². The monoisotopic (exact) mass is 286 g/mol. The van der Waals surface area contributed by atoms with Gasteiger partial charge in [-0.15, -0.1) is 11.3 Å². The van der Waals surface area contributed by atoms with Crippen molar-refractivity contribution in [2.45, 2.75) is 13.0 Å². The number of rotatable bonds is 4. The predicted octanol–water partition coefficient (Wildman–Crippen LogP) is 5.04. The number of benzene rings is 1. The lowest BCUT2D eigenvalue weighted by Gasteiger charge is -2.14. The van der Waals surface area contributed by atoms with Gasteiger partial charge in [0.25, 0.3) is 0 Å². The van der Waals surface area contributed by atoms with Gasteiger partial charge in [0, 0.05) is 28.9 Å². The molecule has 0 aliphatic carbocycles. The fraction of sp³-hybridized carbons (Fsp3) is 0.133. The molecule has 0 saturated heterocycles. The summed E-state index contributed by atoms with van der Waals surface area (Å²) in [6, 6.07) is 10.9. The molecule has 0 aliphatic rings. The molecule has 2 heterocycles. The molecule has 96 valence electrons. The molecule has 3 rings (SSSR count). The highest BCUT2D eigenvalue weighted by Gasteiger charge is 2.06. The van der Waals surface area contributed by atoms with E-state index in [0.717, 1.165) is 10.7 Å². The largest absolute Gasteiger partial charge is 0.378 e. The molecule has 0 saturated carbocycles. The van der Waals surface area contributed by atoms with E-state index in [9.17, 15) is 0 Å². The Kier molecular flexibility index (Phi) is 3.62. The highest BCUT2D eigenvalue weighted by Crippen LogP contribution is 2.25. The average molecular weight is 286 g/mol. The van der Waals surface area contributed by atoms with E-state index in [0.29, 0.717) is 6.04 Å². The number of anilines is 1. The lowest BCUT2D eigenvalue weighted by Crippen LogP contribution is -2.05. The first kappa shape index (κ1) is 12.4. The third-order valence-corrected chi connectivity index (χ3v) is 4.51. The van der Waals surface area contributed by atoms with Crippen LogP contribution in [0.5, 0.6) is 0 Å².